The summed E-state index contributed by atoms with van der Waals surface area (Å²) >= 11 is 0. The largest absolute Gasteiger partial charge is 0.310 e. The molecule has 8 aliphatic carbocycles. The summed E-state index contributed by atoms with van der Waals surface area (Å²) in [5.74, 6) is 5.63. The minimum absolute atomic E-state index is 0.388. The van der Waals surface area contributed by atoms with Crippen LogP contribution in [0.25, 0.3) is 32.7 Å². The van der Waals surface area contributed by atoms with Crippen molar-refractivity contribution >= 4 is 55.7 Å². The van der Waals surface area contributed by atoms with E-state index in [1.54, 1.807) is 11.1 Å². The molecule has 16 rings (SSSR count). The normalized spacial score (nSPS) is 28.0. The second-order valence-electron chi connectivity index (χ2n) is 22.3. The zero-order valence-electron chi connectivity index (χ0n) is 38.2. The van der Waals surface area contributed by atoms with E-state index in [0.717, 1.165) is 35.5 Å². The molecule has 0 aromatic heterocycles. The van der Waals surface area contributed by atoms with Gasteiger partial charge >= 0.3 is 0 Å². The van der Waals surface area contributed by atoms with Crippen LogP contribution in [0.5, 0.6) is 0 Å². The minimum atomic E-state index is 0.388. The van der Waals surface area contributed by atoms with Gasteiger partial charge < -0.3 is 9.80 Å². The van der Waals surface area contributed by atoms with Crippen LogP contribution in [0.4, 0.5) is 34.1 Å². The van der Waals surface area contributed by atoms with Crippen LogP contribution < -0.4 is 9.80 Å². The Morgan fingerprint density at radius 1 is 0.288 bits per heavy atom. The molecule has 0 unspecified atom stereocenters. The maximum atomic E-state index is 2.50. The first-order chi connectivity index (χ1) is 32.5. The molecule has 8 aromatic carbocycles. The lowest BCUT2D eigenvalue weighted by atomic mass is 9.48. The van der Waals surface area contributed by atoms with E-state index in [2.05, 4.69) is 192 Å². The molecule has 0 spiro atoms. The fourth-order valence-electron chi connectivity index (χ4n) is 16.1. The van der Waals surface area contributed by atoms with Crippen molar-refractivity contribution in [1.29, 1.82) is 0 Å². The highest BCUT2D eigenvalue weighted by molar-refractivity contribution is 6.00. The predicted octanol–water partition coefficient (Wildman–Crippen LogP) is 17.5. The van der Waals surface area contributed by atoms with Gasteiger partial charge in [-0.15, -0.1) is 0 Å². The van der Waals surface area contributed by atoms with Crippen LogP contribution in [0.15, 0.2) is 182 Å². The Bertz CT molecular complexity index is 2790. The lowest BCUT2D eigenvalue weighted by Gasteiger charge is -2.57. The fraction of sp³-hybridized carbons (Fsp3) is 0.312. The maximum absolute atomic E-state index is 2.50. The van der Waals surface area contributed by atoms with E-state index < -0.39 is 0 Å². The molecule has 0 N–H and O–H groups in total. The van der Waals surface area contributed by atoms with Gasteiger partial charge in [-0.2, -0.15) is 0 Å². The van der Waals surface area contributed by atoms with E-state index in [-0.39, 0.29) is 0 Å². The van der Waals surface area contributed by atoms with Crippen LogP contribution in [-0.2, 0) is 10.8 Å². The van der Waals surface area contributed by atoms with E-state index >= 15 is 0 Å². The van der Waals surface area contributed by atoms with Gasteiger partial charge in [-0.1, -0.05) is 121 Å². The number of anilines is 6. The van der Waals surface area contributed by atoms with E-state index in [1.165, 1.54) is 144 Å². The predicted molar refractivity (Wildman–Crippen MR) is 276 cm³/mol. The molecule has 326 valence electrons. The first kappa shape index (κ1) is 39.1. The molecule has 2 heteroatoms. The number of benzene rings is 8. The summed E-state index contributed by atoms with van der Waals surface area (Å²) in [6.45, 7) is 0. The number of rotatable bonds is 9. The molecule has 0 saturated heterocycles. The molecule has 8 fully saturated rings. The standard InChI is InChI=1S/C64H60N2/c1-3-11-59-51(7-1)9-5-13-61(59)65(57-27-19-53(20-28-57)63-37-43-31-44(38-63)33-45(32-43)39-63)55-23-15-49(16-24-55)50-17-25-56(26-18-50)66(62-14-6-10-52-8-2-4-12-60(52)62)58-29-21-54(22-30-58)64-40-46-34-47(41-64)36-48(35-46)42-64/h1-30,43-48H,31-42H2. The Morgan fingerprint density at radius 2 is 0.576 bits per heavy atom. The topological polar surface area (TPSA) is 6.48 Å². The van der Waals surface area contributed by atoms with Crippen LogP contribution in [0.2, 0.25) is 0 Å². The molecule has 8 aromatic rings. The summed E-state index contributed by atoms with van der Waals surface area (Å²) in [5, 5.41) is 5.06. The zero-order chi connectivity index (χ0) is 43.4. The Kier molecular flexibility index (Phi) is 9.01. The van der Waals surface area contributed by atoms with Crippen molar-refractivity contribution in [1.82, 2.24) is 0 Å². The van der Waals surface area contributed by atoms with Gasteiger partial charge in [0.25, 0.3) is 0 Å². The molecule has 8 bridgehead atoms. The Balaban J connectivity index is 0.795. The van der Waals surface area contributed by atoms with E-state index in [1.807, 2.05) is 0 Å². The third-order valence-corrected chi connectivity index (χ3v) is 18.2. The van der Waals surface area contributed by atoms with Crippen molar-refractivity contribution in [2.75, 3.05) is 9.80 Å². The van der Waals surface area contributed by atoms with Gasteiger partial charge in [0.1, 0.15) is 0 Å². The zero-order valence-corrected chi connectivity index (χ0v) is 38.2. The van der Waals surface area contributed by atoms with Crippen molar-refractivity contribution in [3.63, 3.8) is 0 Å². The molecule has 0 aliphatic heterocycles. The monoisotopic (exact) mass is 856 g/mol. The van der Waals surface area contributed by atoms with Crippen LogP contribution in [0.1, 0.15) is 88.2 Å². The summed E-state index contributed by atoms with van der Waals surface area (Å²) in [5.41, 5.74) is 13.6. The van der Waals surface area contributed by atoms with Gasteiger partial charge in [-0.25, -0.2) is 0 Å². The molecule has 0 radical (unpaired) electrons. The lowest BCUT2D eigenvalue weighted by Crippen LogP contribution is -2.48. The van der Waals surface area contributed by atoms with Gasteiger partial charge in [0, 0.05) is 33.5 Å². The Hall–Kier alpha value is -6.12. The second kappa shape index (κ2) is 15.2. The third kappa shape index (κ3) is 6.49. The number of hydrogen-bond acceptors (Lipinski definition) is 2. The van der Waals surface area contributed by atoms with Crippen LogP contribution >= 0.6 is 0 Å². The first-order valence-corrected chi connectivity index (χ1v) is 25.5. The lowest BCUT2D eigenvalue weighted by molar-refractivity contribution is -0.00530. The molecule has 0 amide bonds. The minimum Gasteiger partial charge on any atom is -0.310 e. The Morgan fingerprint density at radius 3 is 0.909 bits per heavy atom. The molecule has 0 heterocycles. The summed E-state index contributed by atoms with van der Waals surface area (Å²) in [6.07, 6.45) is 17.2. The highest BCUT2D eigenvalue weighted by Crippen LogP contribution is 2.62. The second-order valence-corrected chi connectivity index (χ2v) is 22.3. The highest BCUT2D eigenvalue weighted by atomic mass is 15.1. The average Bonchev–Trinajstić information content (AvgIpc) is 3.34. The van der Waals surface area contributed by atoms with Crippen LogP contribution in [0.3, 0.4) is 0 Å². The van der Waals surface area contributed by atoms with Crippen LogP contribution in [-0.4, -0.2) is 0 Å². The molecule has 66 heavy (non-hydrogen) atoms. The number of hydrogen-bond donors (Lipinski definition) is 0. The van der Waals surface area contributed by atoms with Crippen molar-refractivity contribution in [2.24, 2.45) is 35.5 Å². The third-order valence-electron chi connectivity index (χ3n) is 18.2. The number of fused-ring (bicyclic) bond motifs is 2. The SMILES string of the molecule is c1ccc2c(N(c3ccc(-c4ccc(N(c5ccc(C67CC8CC(CC(C8)C6)C7)cc5)c5cccc6ccccc56)cc4)cc3)c3ccc(C45CC6CC(CC(C6)C4)C5)cc3)cccc2c1. The molecule has 8 saturated carbocycles. The van der Waals surface area contributed by atoms with Crippen molar-refractivity contribution < 1.29 is 0 Å². The maximum Gasteiger partial charge on any atom is 0.0540 e. The van der Waals surface area contributed by atoms with Gasteiger partial charge in [-0.05, 0) is 217 Å². The van der Waals surface area contributed by atoms with Crippen molar-refractivity contribution in [3.8, 4) is 11.1 Å². The molecule has 8 aliphatic rings. The molecule has 0 atom stereocenters. The van der Waals surface area contributed by atoms with Gasteiger partial charge in [0.05, 0.1) is 11.4 Å². The van der Waals surface area contributed by atoms with E-state index in [4.69, 9.17) is 0 Å². The number of nitrogens with zero attached hydrogens (tertiary/aromatic N) is 2. The van der Waals surface area contributed by atoms with Crippen molar-refractivity contribution in [2.45, 2.75) is 87.9 Å². The summed E-state index contributed by atoms with van der Waals surface area (Å²) < 4.78 is 0. The first-order valence-electron chi connectivity index (χ1n) is 25.5. The summed E-state index contributed by atoms with van der Waals surface area (Å²) in [6, 6.07) is 69.4. The van der Waals surface area contributed by atoms with Gasteiger partial charge in [0.2, 0.25) is 0 Å². The fourth-order valence-corrected chi connectivity index (χ4v) is 16.1. The van der Waals surface area contributed by atoms with E-state index in [9.17, 15) is 0 Å². The smallest absolute Gasteiger partial charge is 0.0540 e. The Labute approximate surface area is 391 Å². The molecular weight excluding hydrogens is 797 g/mol. The molecular formula is C64H60N2. The summed E-state index contributed by atoms with van der Waals surface area (Å²) in [7, 11) is 0. The highest BCUT2D eigenvalue weighted by Gasteiger charge is 2.52. The van der Waals surface area contributed by atoms with Crippen LogP contribution in [0, 0.1) is 35.5 Å². The summed E-state index contributed by atoms with van der Waals surface area (Å²) in [4.78, 5) is 4.96. The average molecular weight is 857 g/mol. The van der Waals surface area contributed by atoms with Crippen molar-refractivity contribution in [3.05, 3.63) is 193 Å². The van der Waals surface area contributed by atoms with Gasteiger partial charge in [0.15, 0.2) is 0 Å². The quantitative estimate of drug-likeness (QED) is 0.143. The van der Waals surface area contributed by atoms with Gasteiger partial charge in [-0.3, -0.25) is 0 Å². The van der Waals surface area contributed by atoms with E-state index in [0.29, 0.717) is 10.8 Å². The molecule has 2 nitrogen and oxygen atoms in total.